The molecule has 0 saturated heterocycles. The van der Waals surface area contributed by atoms with Crippen molar-refractivity contribution in [1.29, 1.82) is 0 Å². The molecule has 0 spiro atoms. The first-order valence-corrected chi connectivity index (χ1v) is 10.8. The second-order valence-corrected chi connectivity index (χ2v) is 11.2. The summed E-state index contributed by atoms with van der Waals surface area (Å²) in [4.78, 5) is 0. The molecule has 0 heterocycles. The van der Waals surface area contributed by atoms with E-state index in [9.17, 15) is 0 Å². The van der Waals surface area contributed by atoms with Crippen LogP contribution in [0.3, 0.4) is 0 Å². The molecule has 0 radical (unpaired) electrons. The van der Waals surface area contributed by atoms with Gasteiger partial charge in [0.05, 0.1) is 0 Å². The van der Waals surface area contributed by atoms with Gasteiger partial charge in [-0.1, -0.05) is 68.7 Å². The van der Waals surface area contributed by atoms with Gasteiger partial charge in [0, 0.05) is 11.1 Å². The van der Waals surface area contributed by atoms with Gasteiger partial charge in [-0.05, 0) is 37.2 Å². The number of benzene rings is 1. The SMILES string of the molecule is Brc1ccccc1.CC.CCO[Si](C)(C)C(C)(C)C. The number of halogens is 1. The third-order valence-electron chi connectivity index (χ3n) is 3.04. The predicted octanol–water partition coefficient (Wildman–Crippen LogP) is 6.50. The molecule has 0 amide bonds. The van der Waals surface area contributed by atoms with Crippen LogP contribution >= 0.6 is 15.9 Å². The Kier molecular flexibility index (Phi) is 11.9. The Morgan fingerprint density at radius 1 is 1.05 bits per heavy atom. The second-order valence-electron chi connectivity index (χ2n) is 5.49. The summed E-state index contributed by atoms with van der Waals surface area (Å²) >= 11 is 3.31. The predicted molar refractivity (Wildman–Crippen MR) is 94.3 cm³/mol. The fourth-order valence-electron chi connectivity index (χ4n) is 0.992. The molecule has 0 unspecified atom stereocenters. The highest BCUT2D eigenvalue weighted by Crippen LogP contribution is 2.36. The molecule has 0 atom stereocenters. The van der Waals surface area contributed by atoms with Crippen molar-refractivity contribution in [1.82, 2.24) is 0 Å². The van der Waals surface area contributed by atoms with E-state index in [2.05, 4.69) is 56.7 Å². The fourth-order valence-corrected chi connectivity index (χ4v) is 2.45. The monoisotopic (exact) mass is 346 g/mol. The summed E-state index contributed by atoms with van der Waals surface area (Å²) in [5.41, 5.74) is 0. The Balaban J connectivity index is 0. The molecule has 0 aromatic heterocycles. The van der Waals surface area contributed by atoms with Crippen LogP contribution in [0.2, 0.25) is 18.1 Å². The van der Waals surface area contributed by atoms with E-state index in [1.54, 1.807) is 0 Å². The molecule has 112 valence electrons. The van der Waals surface area contributed by atoms with E-state index in [-0.39, 0.29) is 0 Å². The molecule has 3 heteroatoms. The van der Waals surface area contributed by atoms with Crippen molar-refractivity contribution in [2.24, 2.45) is 0 Å². The summed E-state index contributed by atoms with van der Waals surface area (Å²) in [6.45, 7) is 18.3. The lowest BCUT2D eigenvalue weighted by molar-refractivity contribution is 0.308. The second kappa shape index (κ2) is 10.6. The smallest absolute Gasteiger partial charge is 0.191 e. The van der Waals surface area contributed by atoms with E-state index in [0.29, 0.717) is 5.04 Å². The molecule has 0 bridgehead atoms. The molecular formula is C16H31BrOSi. The Bertz CT molecular complexity index is 304. The van der Waals surface area contributed by atoms with Crippen LogP contribution in [0.15, 0.2) is 34.8 Å². The standard InChI is InChI=1S/C8H20OSi.C6H5Br.C2H6/c1-7-9-10(5,6)8(2,3)4;7-6-4-2-1-3-5-6;1-2/h7H2,1-6H3;1-5H;1-2H3. The van der Waals surface area contributed by atoms with E-state index in [4.69, 9.17) is 4.43 Å². The van der Waals surface area contributed by atoms with Crippen LogP contribution in [-0.2, 0) is 4.43 Å². The molecule has 0 aliphatic carbocycles. The molecule has 1 aromatic carbocycles. The molecule has 19 heavy (non-hydrogen) atoms. The Morgan fingerprint density at radius 3 is 1.63 bits per heavy atom. The van der Waals surface area contributed by atoms with Gasteiger partial charge in [-0.15, -0.1) is 0 Å². The number of hydrogen-bond acceptors (Lipinski definition) is 1. The number of hydrogen-bond donors (Lipinski definition) is 0. The molecule has 0 saturated carbocycles. The van der Waals surface area contributed by atoms with Gasteiger partial charge in [-0.3, -0.25) is 0 Å². The maximum atomic E-state index is 5.73. The highest BCUT2D eigenvalue weighted by Gasteiger charge is 2.36. The quantitative estimate of drug-likeness (QED) is 0.555. The van der Waals surface area contributed by atoms with Crippen molar-refractivity contribution in [3.8, 4) is 0 Å². The zero-order valence-electron chi connectivity index (χ0n) is 13.9. The van der Waals surface area contributed by atoms with E-state index in [1.165, 1.54) is 0 Å². The molecule has 1 nitrogen and oxygen atoms in total. The van der Waals surface area contributed by atoms with Gasteiger partial charge in [-0.2, -0.15) is 0 Å². The molecule has 1 rings (SSSR count). The van der Waals surface area contributed by atoms with Crippen LogP contribution in [0, 0.1) is 0 Å². The van der Waals surface area contributed by atoms with E-state index >= 15 is 0 Å². The Hall–Kier alpha value is -0.123. The van der Waals surface area contributed by atoms with Crippen LogP contribution in [-0.4, -0.2) is 14.9 Å². The summed E-state index contributed by atoms with van der Waals surface area (Å²) in [5.74, 6) is 0. The minimum absolute atomic E-state index is 0.364. The van der Waals surface area contributed by atoms with Crippen molar-refractivity contribution in [3.05, 3.63) is 34.8 Å². The zero-order valence-corrected chi connectivity index (χ0v) is 16.5. The summed E-state index contributed by atoms with van der Waals surface area (Å²) in [6, 6.07) is 9.97. The fraction of sp³-hybridized carbons (Fsp3) is 0.625. The van der Waals surface area contributed by atoms with Crippen LogP contribution in [0.5, 0.6) is 0 Å². The lowest BCUT2D eigenvalue weighted by Crippen LogP contribution is -2.40. The molecule has 0 N–H and O–H groups in total. The van der Waals surface area contributed by atoms with Gasteiger partial charge in [-0.25, -0.2) is 0 Å². The van der Waals surface area contributed by atoms with Gasteiger partial charge in [0.25, 0.3) is 0 Å². The first kappa shape index (κ1) is 21.2. The highest BCUT2D eigenvalue weighted by molar-refractivity contribution is 9.10. The normalized spacial score (nSPS) is 10.8. The third-order valence-corrected chi connectivity index (χ3v) is 8.20. The van der Waals surface area contributed by atoms with Gasteiger partial charge in [0.15, 0.2) is 8.32 Å². The van der Waals surface area contributed by atoms with Crippen molar-refractivity contribution in [3.63, 3.8) is 0 Å². The molecule has 1 aromatic rings. The first-order valence-electron chi connectivity index (χ1n) is 7.05. The Morgan fingerprint density at radius 2 is 1.47 bits per heavy atom. The van der Waals surface area contributed by atoms with Crippen molar-refractivity contribution in [2.45, 2.75) is 59.7 Å². The average Bonchev–Trinajstić information content (AvgIpc) is 2.32. The van der Waals surface area contributed by atoms with Crippen molar-refractivity contribution < 1.29 is 4.43 Å². The summed E-state index contributed by atoms with van der Waals surface area (Å²) in [6.07, 6.45) is 0. The molecule has 0 fully saturated rings. The lowest BCUT2D eigenvalue weighted by atomic mass is 10.2. The minimum atomic E-state index is -1.40. The van der Waals surface area contributed by atoms with Gasteiger partial charge < -0.3 is 4.43 Å². The highest BCUT2D eigenvalue weighted by atomic mass is 79.9. The zero-order chi connectivity index (χ0) is 15.5. The Labute approximate surface area is 130 Å². The minimum Gasteiger partial charge on any atom is -0.417 e. The third kappa shape index (κ3) is 10.3. The maximum absolute atomic E-state index is 5.73. The molecule has 0 aliphatic rings. The lowest BCUT2D eigenvalue weighted by Gasteiger charge is -2.35. The van der Waals surface area contributed by atoms with E-state index < -0.39 is 8.32 Å². The van der Waals surface area contributed by atoms with Crippen molar-refractivity contribution in [2.75, 3.05) is 6.61 Å². The largest absolute Gasteiger partial charge is 0.417 e. The molecule has 0 aliphatic heterocycles. The van der Waals surface area contributed by atoms with Gasteiger partial charge in [0.2, 0.25) is 0 Å². The van der Waals surface area contributed by atoms with Crippen LogP contribution in [0.25, 0.3) is 0 Å². The molecular weight excluding hydrogens is 316 g/mol. The maximum Gasteiger partial charge on any atom is 0.191 e. The summed E-state index contributed by atoms with van der Waals surface area (Å²) < 4.78 is 6.87. The first-order chi connectivity index (χ1) is 8.70. The van der Waals surface area contributed by atoms with Gasteiger partial charge >= 0.3 is 0 Å². The van der Waals surface area contributed by atoms with Crippen LogP contribution in [0.4, 0.5) is 0 Å². The van der Waals surface area contributed by atoms with Gasteiger partial charge in [0.1, 0.15) is 0 Å². The topological polar surface area (TPSA) is 9.23 Å². The van der Waals surface area contributed by atoms with Crippen LogP contribution < -0.4 is 0 Å². The van der Waals surface area contributed by atoms with E-state index in [0.717, 1.165) is 11.1 Å². The van der Waals surface area contributed by atoms with E-state index in [1.807, 2.05) is 44.2 Å². The summed E-state index contributed by atoms with van der Waals surface area (Å²) in [7, 11) is -1.40. The van der Waals surface area contributed by atoms with Crippen LogP contribution in [0.1, 0.15) is 41.5 Å². The van der Waals surface area contributed by atoms with Crippen molar-refractivity contribution >= 4 is 24.2 Å². The summed E-state index contributed by atoms with van der Waals surface area (Å²) in [5, 5.41) is 0.364. The average molecular weight is 347 g/mol. The number of rotatable bonds is 2.